The summed E-state index contributed by atoms with van der Waals surface area (Å²) in [6, 6.07) is 8.84. The molecule has 2 aromatic rings. The number of nitrogens with one attached hydrogen (secondary N) is 1. The average molecular weight is 234 g/mol. The van der Waals surface area contributed by atoms with Crippen LogP contribution in [-0.2, 0) is 0 Å². The van der Waals surface area contributed by atoms with Crippen molar-refractivity contribution in [3.8, 4) is 5.69 Å². The molecule has 88 valence electrons. The lowest BCUT2D eigenvalue weighted by molar-refractivity contribution is -0.384. The van der Waals surface area contributed by atoms with Crippen molar-refractivity contribution in [1.82, 2.24) is 9.78 Å². The van der Waals surface area contributed by atoms with E-state index in [0.717, 1.165) is 0 Å². The van der Waals surface area contributed by atoms with Gasteiger partial charge >= 0.3 is 5.69 Å². The minimum absolute atomic E-state index is 0.0568. The Labute approximate surface area is 96.4 Å². The van der Waals surface area contributed by atoms with Crippen LogP contribution in [0.2, 0.25) is 0 Å². The van der Waals surface area contributed by atoms with Gasteiger partial charge in [-0.2, -0.15) is 5.10 Å². The molecule has 0 spiro atoms. The number of benzene rings is 1. The summed E-state index contributed by atoms with van der Waals surface area (Å²) in [4.78, 5) is 10.3. The molecule has 7 heteroatoms. The van der Waals surface area contributed by atoms with Crippen molar-refractivity contribution in [1.29, 1.82) is 0 Å². The van der Waals surface area contributed by atoms with Crippen LogP contribution in [0.25, 0.3) is 5.69 Å². The van der Waals surface area contributed by atoms with Gasteiger partial charge in [-0.1, -0.05) is 18.2 Å². The van der Waals surface area contributed by atoms with E-state index in [1.807, 2.05) is 11.5 Å². The number of aromatic nitrogens is 2. The van der Waals surface area contributed by atoms with E-state index in [1.54, 1.807) is 24.3 Å². The summed E-state index contributed by atoms with van der Waals surface area (Å²) in [6.07, 6.45) is 0. The van der Waals surface area contributed by atoms with Gasteiger partial charge in [0.25, 0.3) is 0 Å². The molecule has 1 aromatic carbocycles. The SMILES string of the molecule is Cc1nn(-c2ccccc2)c(NO)c1[N+](=O)[O-]. The van der Waals surface area contributed by atoms with E-state index in [4.69, 9.17) is 5.21 Å². The van der Waals surface area contributed by atoms with Crippen molar-refractivity contribution in [2.24, 2.45) is 0 Å². The second kappa shape index (κ2) is 4.22. The molecular formula is C10H10N4O3. The third-order valence-corrected chi connectivity index (χ3v) is 2.32. The lowest BCUT2D eigenvalue weighted by Crippen LogP contribution is -2.03. The van der Waals surface area contributed by atoms with Crippen molar-refractivity contribution in [2.45, 2.75) is 6.92 Å². The van der Waals surface area contributed by atoms with Gasteiger partial charge in [0.15, 0.2) is 0 Å². The molecule has 17 heavy (non-hydrogen) atoms. The summed E-state index contributed by atoms with van der Waals surface area (Å²) in [6.45, 7) is 1.51. The summed E-state index contributed by atoms with van der Waals surface area (Å²) >= 11 is 0. The highest BCUT2D eigenvalue weighted by Crippen LogP contribution is 2.29. The molecule has 0 unspecified atom stereocenters. The van der Waals surface area contributed by atoms with E-state index in [9.17, 15) is 10.1 Å². The van der Waals surface area contributed by atoms with E-state index in [0.29, 0.717) is 5.69 Å². The number of nitro groups is 1. The molecule has 0 radical (unpaired) electrons. The molecule has 1 aromatic heterocycles. The largest absolute Gasteiger partial charge is 0.336 e. The normalized spacial score (nSPS) is 10.2. The Morgan fingerprint density at radius 2 is 2.06 bits per heavy atom. The first kappa shape index (κ1) is 11.1. The van der Waals surface area contributed by atoms with Crippen LogP contribution in [0.1, 0.15) is 5.69 Å². The van der Waals surface area contributed by atoms with Gasteiger partial charge in [-0.25, -0.2) is 10.2 Å². The predicted octanol–water partition coefficient (Wildman–Crippen LogP) is 1.89. The fourth-order valence-electron chi connectivity index (χ4n) is 1.59. The summed E-state index contributed by atoms with van der Waals surface area (Å²) in [5.41, 5.74) is 2.44. The van der Waals surface area contributed by atoms with Crippen LogP contribution in [0, 0.1) is 17.0 Å². The summed E-state index contributed by atoms with van der Waals surface area (Å²) in [5, 5.41) is 23.9. The van der Waals surface area contributed by atoms with E-state index in [2.05, 4.69) is 5.10 Å². The third-order valence-electron chi connectivity index (χ3n) is 2.32. The monoisotopic (exact) mass is 234 g/mol. The molecule has 0 atom stereocenters. The van der Waals surface area contributed by atoms with Crippen LogP contribution in [0.15, 0.2) is 30.3 Å². The van der Waals surface area contributed by atoms with Crippen LogP contribution in [0.5, 0.6) is 0 Å². The second-order valence-electron chi connectivity index (χ2n) is 3.40. The van der Waals surface area contributed by atoms with Gasteiger partial charge in [0.2, 0.25) is 5.82 Å². The topological polar surface area (TPSA) is 93.2 Å². The zero-order valence-corrected chi connectivity index (χ0v) is 8.99. The van der Waals surface area contributed by atoms with Crippen molar-refractivity contribution in [3.05, 3.63) is 46.1 Å². The fourth-order valence-corrected chi connectivity index (χ4v) is 1.59. The van der Waals surface area contributed by atoms with Crippen LogP contribution < -0.4 is 5.48 Å². The molecular weight excluding hydrogens is 224 g/mol. The van der Waals surface area contributed by atoms with Crippen LogP contribution in [0.4, 0.5) is 11.5 Å². The van der Waals surface area contributed by atoms with Crippen molar-refractivity contribution in [3.63, 3.8) is 0 Å². The fraction of sp³-hybridized carbons (Fsp3) is 0.100. The van der Waals surface area contributed by atoms with Gasteiger partial charge in [-0.3, -0.25) is 15.3 Å². The molecule has 0 aliphatic heterocycles. The Kier molecular flexibility index (Phi) is 2.75. The van der Waals surface area contributed by atoms with E-state index in [-0.39, 0.29) is 17.2 Å². The number of aryl methyl sites for hydroxylation is 1. The lowest BCUT2D eigenvalue weighted by atomic mass is 10.3. The van der Waals surface area contributed by atoms with Crippen LogP contribution >= 0.6 is 0 Å². The molecule has 0 bridgehead atoms. The lowest BCUT2D eigenvalue weighted by Gasteiger charge is -2.04. The second-order valence-corrected chi connectivity index (χ2v) is 3.40. The van der Waals surface area contributed by atoms with Gasteiger partial charge in [0.1, 0.15) is 5.69 Å². The molecule has 7 nitrogen and oxygen atoms in total. The van der Waals surface area contributed by atoms with E-state index >= 15 is 0 Å². The highest BCUT2D eigenvalue weighted by Gasteiger charge is 2.25. The standard InChI is InChI=1S/C10H10N4O3/c1-7-9(14(16)17)10(12-15)13(11-7)8-5-3-2-4-6-8/h2-6,12,15H,1H3. The van der Waals surface area contributed by atoms with Crippen molar-refractivity contribution < 1.29 is 10.1 Å². The van der Waals surface area contributed by atoms with Gasteiger partial charge in [-0.15, -0.1) is 0 Å². The first-order chi connectivity index (χ1) is 8.15. The number of hydrogen-bond donors (Lipinski definition) is 2. The first-order valence-corrected chi connectivity index (χ1v) is 4.84. The Hall–Kier alpha value is -2.41. The zero-order valence-electron chi connectivity index (χ0n) is 8.99. The molecule has 1 heterocycles. The Balaban J connectivity index is 2.64. The van der Waals surface area contributed by atoms with Crippen molar-refractivity contribution >= 4 is 11.5 Å². The molecule has 0 aliphatic carbocycles. The van der Waals surface area contributed by atoms with E-state index < -0.39 is 4.92 Å². The number of nitrogens with zero attached hydrogens (tertiary/aromatic N) is 3. The maximum Gasteiger partial charge on any atom is 0.336 e. The minimum atomic E-state index is -0.583. The number of para-hydroxylation sites is 1. The molecule has 0 aliphatic rings. The third kappa shape index (κ3) is 1.83. The van der Waals surface area contributed by atoms with Gasteiger partial charge < -0.3 is 0 Å². The first-order valence-electron chi connectivity index (χ1n) is 4.84. The van der Waals surface area contributed by atoms with E-state index in [1.165, 1.54) is 11.6 Å². The highest BCUT2D eigenvalue weighted by molar-refractivity contribution is 5.61. The maximum absolute atomic E-state index is 10.8. The molecule has 0 saturated heterocycles. The summed E-state index contributed by atoms with van der Waals surface area (Å²) in [7, 11) is 0. The summed E-state index contributed by atoms with van der Waals surface area (Å²) < 4.78 is 1.29. The number of hydrogen-bond acceptors (Lipinski definition) is 5. The van der Waals surface area contributed by atoms with Gasteiger partial charge in [0, 0.05) is 0 Å². The molecule has 2 N–H and O–H groups in total. The van der Waals surface area contributed by atoms with Crippen molar-refractivity contribution in [2.75, 3.05) is 5.48 Å². The number of anilines is 1. The summed E-state index contributed by atoms with van der Waals surface area (Å²) in [5.74, 6) is -0.0568. The zero-order chi connectivity index (χ0) is 12.4. The Morgan fingerprint density at radius 1 is 1.41 bits per heavy atom. The molecule has 0 saturated carbocycles. The average Bonchev–Trinajstić information content (AvgIpc) is 2.67. The smallest absolute Gasteiger partial charge is 0.289 e. The quantitative estimate of drug-likeness (QED) is 0.624. The highest BCUT2D eigenvalue weighted by atomic mass is 16.6. The minimum Gasteiger partial charge on any atom is -0.289 e. The van der Waals surface area contributed by atoms with Gasteiger partial charge in [-0.05, 0) is 19.1 Å². The number of rotatable bonds is 3. The Bertz CT molecular complexity index is 550. The predicted molar refractivity (Wildman–Crippen MR) is 60.4 cm³/mol. The van der Waals surface area contributed by atoms with Crippen LogP contribution in [-0.4, -0.2) is 19.9 Å². The molecule has 0 fully saturated rings. The Morgan fingerprint density at radius 3 is 2.59 bits per heavy atom. The molecule has 2 rings (SSSR count). The van der Waals surface area contributed by atoms with Gasteiger partial charge in [0.05, 0.1) is 10.6 Å². The molecule has 0 amide bonds. The maximum atomic E-state index is 10.8. The van der Waals surface area contributed by atoms with Crippen LogP contribution in [0.3, 0.4) is 0 Å².